The third-order valence-electron chi connectivity index (χ3n) is 4.70. The number of methoxy groups -OCH3 is 1. The van der Waals surface area contributed by atoms with Crippen molar-refractivity contribution < 1.29 is 4.74 Å². The minimum Gasteiger partial charge on any atom is -0.497 e. The Morgan fingerprint density at radius 2 is 1.81 bits per heavy atom. The Hall–Kier alpha value is -1.06. The van der Waals surface area contributed by atoms with E-state index in [4.69, 9.17) is 4.74 Å². The topological polar surface area (TPSA) is 24.5 Å². The highest BCUT2D eigenvalue weighted by atomic mass is 16.5. The van der Waals surface area contributed by atoms with Crippen LogP contribution in [0, 0.1) is 0 Å². The van der Waals surface area contributed by atoms with Gasteiger partial charge in [0.25, 0.3) is 0 Å². The summed E-state index contributed by atoms with van der Waals surface area (Å²) in [4.78, 5) is 2.49. The maximum Gasteiger partial charge on any atom is 0.118 e. The Balaban J connectivity index is 1.60. The van der Waals surface area contributed by atoms with Gasteiger partial charge < -0.3 is 15.0 Å². The Morgan fingerprint density at radius 3 is 2.38 bits per heavy atom. The van der Waals surface area contributed by atoms with E-state index in [1.54, 1.807) is 7.11 Å². The lowest BCUT2D eigenvalue weighted by molar-refractivity contribution is 0.268. The van der Waals surface area contributed by atoms with Gasteiger partial charge in [-0.3, -0.25) is 0 Å². The Morgan fingerprint density at radius 1 is 1.14 bits per heavy atom. The molecule has 0 aliphatic heterocycles. The summed E-state index contributed by atoms with van der Waals surface area (Å²) < 4.78 is 5.21. The summed E-state index contributed by atoms with van der Waals surface area (Å²) in [5, 5.41) is 3.69. The van der Waals surface area contributed by atoms with Gasteiger partial charge in [0, 0.05) is 6.04 Å². The standard InChI is InChI=1S/C18H30N2O/c1-4-20(5-2)12-6-11-19-17-13-16(14-17)15-7-9-18(21-3)10-8-15/h7-10,16-17,19H,4-6,11-14H2,1-3H3. The fourth-order valence-corrected chi connectivity index (χ4v) is 3.08. The fraction of sp³-hybridized carbons (Fsp3) is 0.667. The van der Waals surface area contributed by atoms with Gasteiger partial charge in [0.2, 0.25) is 0 Å². The van der Waals surface area contributed by atoms with Crippen molar-refractivity contribution in [2.24, 2.45) is 0 Å². The summed E-state index contributed by atoms with van der Waals surface area (Å²) >= 11 is 0. The molecule has 0 heterocycles. The SMILES string of the molecule is CCN(CC)CCCNC1CC(c2ccc(OC)cc2)C1. The second-order valence-corrected chi connectivity index (χ2v) is 5.97. The molecule has 21 heavy (non-hydrogen) atoms. The monoisotopic (exact) mass is 290 g/mol. The van der Waals surface area contributed by atoms with Crippen molar-refractivity contribution in [3.8, 4) is 5.75 Å². The predicted molar refractivity (Wildman–Crippen MR) is 89.2 cm³/mol. The van der Waals surface area contributed by atoms with Crippen molar-refractivity contribution in [2.45, 2.75) is 45.1 Å². The van der Waals surface area contributed by atoms with Crippen LogP contribution in [0.5, 0.6) is 5.75 Å². The molecule has 118 valence electrons. The number of nitrogens with one attached hydrogen (secondary N) is 1. The zero-order valence-corrected chi connectivity index (χ0v) is 13.8. The summed E-state index contributed by atoms with van der Waals surface area (Å²) in [5.74, 6) is 1.68. The molecule has 0 unspecified atom stereocenters. The van der Waals surface area contributed by atoms with Gasteiger partial charge >= 0.3 is 0 Å². The molecule has 2 rings (SSSR count). The van der Waals surface area contributed by atoms with Crippen LogP contribution >= 0.6 is 0 Å². The number of hydrogen-bond acceptors (Lipinski definition) is 3. The minimum atomic E-state index is 0.716. The van der Waals surface area contributed by atoms with Crippen LogP contribution in [0.25, 0.3) is 0 Å². The smallest absolute Gasteiger partial charge is 0.118 e. The van der Waals surface area contributed by atoms with E-state index >= 15 is 0 Å². The van der Waals surface area contributed by atoms with Crippen molar-refractivity contribution in [2.75, 3.05) is 33.3 Å². The summed E-state index contributed by atoms with van der Waals surface area (Å²) in [6.45, 7) is 9.18. The molecule has 1 aromatic rings. The molecule has 0 spiro atoms. The molecule has 0 aromatic heterocycles. The largest absolute Gasteiger partial charge is 0.497 e. The van der Waals surface area contributed by atoms with Crippen LogP contribution in [0.3, 0.4) is 0 Å². The van der Waals surface area contributed by atoms with Gasteiger partial charge in [-0.2, -0.15) is 0 Å². The molecule has 1 aliphatic rings. The molecule has 0 saturated heterocycles. The van der Waals surface area contributed by atoms with Crippen LogP contribution < -0.4 is 10.1 Å². The lowest BCUT2D eigenvalue weighted by atomic mass is 9.76. The van der Waals surface area contributed by atoms with Gasteiger partial charge in [-0.05, 0) is 69.1 Å². The number of ether oxygens (including phenoxy) is 1. The summed E-state index contributed by atoms with van der Waals surface area (Å²) in [7, 11) is 1.72. The van der Waals surface area contributed by atoms with Crippen molar-refractivity contribution in [1.29, 1.82) is 0 Å². The zero-order valence-electron chi connectivity index (χ0n) is 13.8. The first kappa shape index (κ1) is 16.3. The van der Waals surface area contributed by atoms with Crippen LogP contribution in [0.1, 0.15) is 44.6 Å². The zero-order chi connectivity index (χ0) is 15.1. The van der Waals surface area contributed by atoms with E-state index in [2.05, 4.69) is 48.3 Å². The number of rotatable bonds is 9. The summed E-state index contributed by atoms with van der Waals surface area (Å²) in [6.07, 6.45) is 3.81. The van der Waals surface area contributed by atoms with Crippen molar-refractivity contribution in [3.63, 3.8) is 0 Å². The molecule has 1 fully saturated rings. The number of benzene rings is 1. The van der Waals surface area contributed by atoms with Gasteiger partial charge in [-0.15, -0.1) is 0 Å². The van der Waals surface area contributed by atoms with E-state index in [1.807, 2.05) is 0 Å². The van der Waals surface area contributed by atoms with Crippen LogP contribution in [0.2, 0.25) is 0 Å². The van der Waals surface area contributed by atoms with E-state index in [0.717, 1.165) is 18.2 Å². The highest BCUT2D eigenvalue weighted by Gasteiger charge is 2.29. The molecular weight excluding hydrogens is 260 g/mol. The molecular formula is C18H30N2O. The molecule has 1 aromatic carbocycles. The highest BCUT2D eigenvalue weighted by molar-refractivity contribution is 5.30. The average molecular weight is 290 g/mol. The van der Waals surface area contributed by atoms with Gasteiger partial charge in [0.15, 0.2) is 0 Å². The molecule has 1 saturated carbocycles. The van der Waals surface area contributed by atoms with Gasteiger partial charge in [0.05, 0.1) is 7.11 Å². The molecule has 3 heteroatoms. The first-order valence-corrected chi connectivity index (χ1v) is 8.36. The van der Waals surface area contributed by atoms with Crippen LogP contribution in [-0.4, -0.2) is 44.2 Å². The molecule has 0 amide bonds. The van der Waals surface area contributed by atoms with Gasteiger partial charge in [0.1, 0.15) is 5.75 Å². The van der Waals surface area contributed by atoms with Crippen LogP contribution in [0.4, 0.5) is 0 Å². The Labute approximate surface area is 129 Å². The second-order valence-electron chi connectivity index (χ2n) is 5.97. The van der Waals surface area contributed by atoms with Crippen LogP contribution in [-0.2, 0) is 0 Å². The summed E-state index contributed by atoms with van der Waals surface area (Å²) in [5.41, 5.74) is 1.46. The van der Waals surface area contributed by atoms with E-state index in [9.17, 15) is 0 Å². The molecule has 1 N–H and O–H groups in total. The van der Waals surface area contributed by atoms with E-state index in [1.165, 1.54) is 44.5 Å². The number of hydrogen-bond donors (Lipinski definition) is 1. The van der Waals surface area contributed by atoms with Crippen molar-refractivity contribution in [1.82, 2.24) is 10.2 Å². The van der Waals surface area contributed by atoms with Gasteiger partial charge in [-0.1, -0.05) is 26.0 Å². The van der Waals surface area contributed by atoms with Gasteiger partial charge in [-0.25, -0.2) is 0 Å². The predicted octanol–water partition coefficient (Wildman–Crippen LogP) is 3.26. The number of nitrogens with zero attached hydrogens (tertiary/aromatic N) is 1. The van der Waals surface area contributed by atoms with E-state index in [-0.39, 0.29) is 0 Å². The maximum atomic E-state index is 5.21. The Kier molecular flexibility index (Phi) is 6.52. The lowest BCUT2D eigenvalue weighted by Gasteiger charge is -2.36. The maximum absolute atomic E-state index is 5.21. The molecule has 0 bridgehead atoms. The second kappa shape index (κ2) is 8.40. The van der Waals surface area contributed by atoms with E-state index < -0.39 is 0 Å². The van der Waals surface area contributed by atoms with E-state index in [0.29, 0.717) is 6.04 Å². The summed E-state index contributed by atoms with van der Waals surface area (Å²) in [6, 6.07) is 9.27. The fourth-order valence-electron chi connectivity index (χ4n) is 3.08. The minimum absolute atomic E-state index is 0.716. The first-order valence-electron chi connectivity index (χ1n) is 8.36. The normalized spacial score (nSPS) is 21.3. The lowest BCUT2D eigenvalue weighted by Crippen LogP contribution is -2.41. The average Bonchev–Trinajstić information content (AvgIpc) is 2.49. The molecule has 0 radical (unpaired) electrons. The molecule has 3 nitrogen and oxygen atoms in total. The molecule has 1 aliphatic carbocycles. The Bertz CT molecular complexity index is 394. The highest BCUT2D eigenvalue weighted by Crippen LogP contribution is 2.37. The molecule has 0 atom stereocenters. The van der Waals surface area contributed by atoms with Crippen molar-refractivity contribution in [3.05, 3.63) is 29.8 Å². The third kappa shape index (κ3) is 4.72. The van der Waals surface area contributed by atoms with Crippen LogP contribution in [0.15, 0.2) is 24.3 Å². The van der Waals surface area contributed by atoms with Crippen molar-refractivity contribution >= 4 is 0 Å². The first-order chi connectivity index (χ1) is 10.3. The third-order valence-corrected chi connectivity index (χ3v) is 4.70. The quantitative estimate of drug-likeness (QED) is 0.707.